The molecule has 20 heavy (non-hydrogen) atoms. The van der Waals surface area contributed by atoms with E-state index in [0.29, 0.717) is 6.07 Å². The van der Waals surface area contributed by atoms with Gasteiger partial charge in [0, 0.05) is 0 Å². The Hall–Kier alpha value is -1.13. The van der Waals surface area contributed by atoms with Crippen molar-refractivity contribution in [1.29, 1.82) is 0 Å². The van der Waals surface area contributed by atoms with Crippen LogP contribution in [0.5, 0.6) is 0 Å². The molecule has 0 aliphatic carbocycles. The van der Waals surface area contributed by atoms with Gasteiger partial charge in [0.1, 0.15) is 15.1 Å². The number of alkyl halides is 3. The molecule has 0 aliphatic rings. The van der Waals surface area contributed by atoms with Crippen molar-refractivity contribution in [3.63, 3.8) is 0 Å². The van der Waals surface area contributed by atoms with Gasteiger partial charge in [-0.1, -0.05) is 13.8 Å². The van der Waals surface area contributed by atoms with Gasteiger partial charge in [0.25, 0.3) is 10.0 Å². The predicted octanol–water partition coefficient (Wildman–Crippen LogP) is 2.15. The van der Waals surface area contributed by atoms with Crippen molar-refractivity contribution in [2.24, 2.45) is 5.92 Å². The molecular weight excluding hydrogens is 319 g/mol. The number of rotatable bonds is 5. The van der Waals surface area contributed by atoms with E-state index in [0.717, 1.165) is 6.07 Å². The second kappa shape index (κ2) is 5.70. The van der Waals surface area contributed by atoms with Crippen molar-refractivity contribution in [3.05, 3.63) is 17.0 Å². The molecular formula is C10H12F3NO4S2. The number of halogens is 3. The predicted molar refractivity (Wildman–Crippen MR) is 65.9 cm³/mol. The Morgan fingerprint density at radius 3 is 2.25 bits per heavy atom. The van der Waals surface area contributed by atoms with Gasteiger partial charge in [0.05, 0.1) is 0 Å². The van der Waals surface area contributed by atoms with E-state index < -0.39 is 43.2 Å². The fourth-order valence-electron chi connectivity index (χ4n) is 1.31. The Morgan fingerprint density at radius 2 is 1.90 bits per heavy atom. The summed E-state index contributed by atoms with van der Waals surface area (Å²) >= 11 is 0.0438. The lowest BCUT2D eigenvalue weighted by atomic mass is 10.1. The number of aliphatic carboxylic acids is 1. The minimum absolute atomic E-state index is 0.0438. The number of nitrogens with one attached hydrogen (secondary N) is 1. The van der Waals surface area contributed by atoms with E-state index in [9.17, 15) is 26.4 Å². The van der Waals surface area contributed by atoms with Gasteiger partial charge < -0.3 is 5.11 Å². The molecule has 10 heteroatoms. The second-order valence-electron chi connectivity index (χ2n) is 4.30. The van der Waals surface area contributed by atoms with Gasteiger partial charge in [0.2, 0.25) is 0 Å². The molecule has 1 aromatic rings. The molecule has 0 saturated heterocycles. The van der Waals surface area contributed by atoms with Gasteiger partial charge in [-0.15, -0.1) is 11.3 Å². The number of carboxylic acids is 1. The third kappa shape index (κ3) is 3.93. The minimum atomic E-state index is -4.64. The van der Waals surface area contributed by atoms with Crippen molar-refractivity contribution in [1.82, 2.24) is 4.72 Å². The minimum Gasteiger partial charge on any atom is -0.480 e. The maximum Gasteiger partial charge on any atom is 0.425 e. The van der Waals surface area contributed by atoms with Crippen LogP contribution in [0.15, 0.2) is 16.3 Å². The summed E-state index contributed by atoms with van der Waals surface area (Å²) in [4.78, 5) is 9.85. The molecule has 0 aromatic carbocycles. The van der Waals surface area contributed by atoms with Crippen LogP contribution in [0.25, 0.3) is 0 Å². The van der Waals surface area contributed by atoms with Crippen LogP contribution in [-0.2, 0) is 21.0 Å². The van der Waals surface area contributed by atoms with Gasteiger partial charge in [-0.05, 0) is 18.1 Å². The summed E-state index contributed by atoms with van der Waals surface area (Å²) < 4.78 is 62.3. The Kier molecular flexibility index (Phi) is 4.82. The standard InChI is InChI=1S/C10H12F3NO4S2/c1-5(2)8(9(15)16)14-20(17,18)7-4-3-6(19-7)10(11,12)13/h3-5,8,14H,1-2H3,(H,15,16)/t8-/m0/s1. The van der Waals surface area contributed by atoms with E-state index in [1.165, 1.54) is 13.8 Å². The van der Waals surface area contributed by atoms with Gasteiger partial charge >= 0.3 is 12.1 Å². The smallest absolute Gasteiger partial charge is 0.425 e. The highest BCUT2D eigenvalue weighted by molar-refractivity contribution is 7.91. The van der Waals surface area contributed by atoms with E-state index in [2.05, 4.69) is 0 Å². The van der Waals surface area contributed by atoms with Crippen molar-refractivity contribution in [2.45, 2.75) is 30.3 Å². The van der Waals surface area contributed by atoms with Crippen LogP contribution in [0.4, 0.5) is 13.2 Å². The van der Waals surface area contributed by atoms with Crippen LogP contribution < -0.4 is 4.72 Å². The Labute approximate surface area is 117 Å². The maximum atomic E-state index is 12.4. The molecule has 0 saturated carbocycles. The van der Waals surface area contributed by atoms with Crippen molar-refractivity contribution in [3.8, 4) is 0 Å². The van der Waals surface area contributed by atoms with E-state index >= 15 is 0 Å². The number of hydrogen-bond acceptors (Lipinski definition) is 4. The quantitative estimate of drug-likeness (QED) is 0.866. The van der Waals surface area contributed by atoms with Crippen LogP contribution >= 0.6 is 11.3 Å². The monoisotopic (exact) mass is 331 g/mol. The van der Waals surface area contributed by atoms with Gasteiger partial charge in [-0.3, -0.25) is 4.79 Å². The average molecular weight is 331 g/mol. The summed E-state index contributed by atoms with van der Waals surface area (Å²) in [5.74, 6) is -1.94. The molecule has 1 aromatic heterocycles. The first-order valence-electron chi connectivity index (χ1n) is 5.37. The zero-order valence-electron chi connectivity index (χ0n) is 10.4. The first kappa shape index (κ1) is 16.9. The molecule has 1 heterocycles. The Bertz CT molecular complexity index is 592. The summed E-state index contributed by atoms with van der Waals surface area (Å²) in [7, 11) is -4.30. The van der Waals surface area contributed by atoms with Crippen LogP contribution in [0.2, 0.25) is 0 Å². The molecule has 0 radical (unpaired) electrons. The highest BCUT2D eigenvalue weighted by Crippen LogP contribution is 2.36. The first-order valence-corrected chi connectivity index (χ1v) is 7.67. The number of sulfonamides is 1. The number of carboxylic acid groups (broad SMARTS) is 1. The van der Waals surface area contributed by atoms with Gasteiger partial charge in [0.15, 0.2) is 0 Å². The zero-order valence-corrected chi connectivity index (χ0v) is 12.1. The number of carbonyl (C=O) groups is 1. The second-order valence-corrected chi connectivity index (χ2v) is 7.32. The van der Waals surface area contributed by atoms with E-state index in [1.54, 1.807) is 0 Å². The van der Waals surface area contributed by atoms with Crippen molar-refractivity contribution >= 4 is 27.3 Å². The summed E-state index contributed by atoms with van der Waals surface area (Å²) in [5, 5.41) is 8.88. The highest BCUT2D eigenvalue weighted by Gasteiger charge is 2.35. The van der Waals surface area contributed by atoms with E-state index in [1.807, 2.05) is 4.72 Å². The molecule has 0 fully saturated rings. The first-order chi connectivity index (χ1) is 8.95. The Morgan fingerprint density at radius 1 is 1.35 bits per heavy atom. The summed E-state index contributed by atoms with van der Waals surface area (Å²) in [6.45, 7) is 2.97. The topological polar surface area (TPSA) is 83.5 Å². The van der Waals surface area contributed by atoms with E-state index in [4.69, 9.17) is 5.11 Å². The van der Waals surface area contributed by atoms with Gasteiger partial charge in [-0.25, -0.2) is 8.42 Å². The Balaban J connectivity index is 3.05. The fourth-order valence-corrected chi connectivity index (χ4v) is 3.84. The van der Waals surface area contributed by atoms with Gasteiger partial charge in [-0.2, -0.15) is 17.9 Å². The van der Waals surface area contributed by atoms with Crippen LogP contribution in [0, 0.1) is 5.92 Å². The molecule has 2 N–H and O–H groups in total. The molecule has 5 nitrogen and oxygen atoms in total. The van der Waals surface area contributed by atoms with Crippen molar-refractivity contribution < 1.29 is 31.5 Å². The lowest BCUT2D eigenvalue weighted by Gasteiger charge is -2.17. The van der Waals surface area contributed by atoms with Crippen LogP contribution in [-0.4, -0.2) is 25.5 Å². The summed E-state index contributed by atoms with van der Waals surface area (Å²) in [5.41, 5.74) is 0. The molecule has 114 valence electrons. The lowest BCUT2D eigenvalue weighted by Crippen LogP contribution is -2.43. The maximum absolute atomic E-state index is 12.4. The molecule has 0 bridgehead atoms. The molecule has 1 rings (SSSR count). The molecule has 1 atom stereocenters. The molecule has 0 amide bonds. The molecule has 0 aliphatic heterocycles. The number of thiophene rings is 1. The van der Waals surface area contributed by atoms with Crippen molar-refractivity contribution in [2.75, 3.05) is 0 Å². The highest BCUT2D eigenvalue weighted by atomic mass is 32.2. The third-order valence-corrected chi connectivity index (χ3v) is 5.40. The summed E-state index contributed by atoms with van der Waals surface area (Å²) in [6.07, 6.45) is -4.64. The van der Waals surface area contributed by atoms with E-state index in [-0.39, 0.29) is 11.3 Å². The molecule has 0 unspecified atom stereocenters. The van der Waals surface area contributed by atoms with Crippen LogP contribution in [0.1, 0.15) is 18.7 Å². The normalized spacial score (nSPS) is 14.5. The average Bonchev–Trinajstić information content (AvgIpc) is 2.74. The van der Waals surface area contributed by atoms with Crippen LogP contribution in [0.3, 0.4) is 0 Å². The largest absolute Gasteiger partial charge is 0.480 e. The molecule has 0 spiro atoms. The summed E-state index contributed by atoms with van der Waals surface area (Å²) in [6, 6.07) is 0.0378. The number of hydrogen-bond donors (Lipinski definition) is 2. The zero-order chi connectivity index (χ0) is 15.7. The fraction of sp³-hybridized carbons (Fsp3) is 0.500. The lowest BCUT2D eigenvalue weighted by molar-refractivity contribution is -0.140. The third-order valence-electron chi connectivity index (χ3n) is 2.34. The SMILES string of the molecule is CC(C)[C@H](NS(=O)(=O)c1ccc(C(F)(F)F)s1)C(=O)O.